The van der Waals surface area contributed by atoms with Gasteiger partial charge in [-0.3, -0.25) is 9.69 Å². The molecule has 0 bridgehead atoms. The second kappa shape index (κ2) is 8.45. The molecule has 0 radical (unpaired) electrons. The maximum Gasteiger partial charge on any atom is 0.226 e. The van der Waals surface area contributed by atoms with E-state index >= 15 is 0 Å². The summed E-state index contributed by atoms with van der Waals surface area (Å²) in [5.41, 5.74) is 0. The first-order valence-corrected chi connectivity index (χ1v) is 6.92. The van der Waals surface area contributed by atoms with Crippen molar-refractivity contribution >= 4 is 5.91 Å². The predicted molar refractivity (Wildman–Crippen MR) is 72.6 cm³/mol. The monoisotopic (exact) mass is 257 g/mol. The van der Waals surface area contributed by atoms with E-state index in [1.54, 1.807) is 0 Å². The molecule has 1 rings (SSSR count). The highest BCUT2D eigenvalue weighted by Gasteiger charge is 2.24. The van der Waals surface area contributed by atoms with E-state index < -0.39 is 0 Å². The summed E-state index contributed by atoms with van der Waals surface area (Å²) in [5, 5.41) is 3.06. The Balaban J connectivity index is 2.24. The van der Waals surface area contributed by atoms with Crippen LogP contribution in [-0.2, 0) is 9.53 Å². The van der Waals surface area contributed by atoms with E-state index in [9.17, 15) is 4.79 Å². The molecule has 1 fully saturated rings. The molecule has 0 aliphatic carbocycles. The van der Waals surface area contributed by atoms with Crippen molar-refractivity contribution in [3.8, 4) is 0 Å². The first-order valence-electron chi connectivity index (χ1n) is 6.92. The van der Waals surface area contributed by atoms with Gasteiger partial charge in [0.25, 0.3) is 0 Å². The van der Waals surface area contributed by atoms with Crippen LogP contribution in [0.3, 0.4) is 0 Å². The van der Waals surface area contributed by atoms with E-state index in [0.717, 1.165) is 52.5 Å². The van der Waals surface area contributed by atoms with Gasteiger partial charge in [0.1, 0.15) is 0 Å². The van der Waals surface area contributed by atoms with Crippen molar-refractivity contribution in [1.82, 2.24) is 15.1 Å². The van der Waals surface area contributed by atoms with Crippen molar-refractivity contribution in [2.24, 2.45) is 5.92 Å². The maximum absolute atomic E-state index is 12.1. The van der Waals surface area contributed by atoms with Crippen LogP contribution in [0.5, 0.6) is 0 Å². The zero-order chi connectivity index (χ0) is 13.4. The topological polar surface area (TPSA) is 44.8 Å². The van der Waals surface area contributed by atoms with Crippen molar-refractivity contribution < 1.29 is 9.53 Å². The van der Waals surface area contributed by atoms with Gasteiger partial charge in [-0.05, 0) is 14.0 Å². The number of piperazine rings is 1. The summed E-state index contributed by atoms with van der Waals surface area (Å²) in [7, 11) is 1.88. The van der Waals surface area contributed by atoms with Gasteiger partial charge in [0, 0.05) is 51.8 Å². The van der Waals surface area contributed by atoms with Gasteiger partial charge in [-0.25, -0.2) is 0 Å². The second-order valence-corrected chi connectivity index (χ2v) is 4.82. The number of hydrogen-bond donors (Lipinski definition) is 1. The van der Waals surface area contributed by atoms with Crippen LogP contribution in [0.4, 0.5) is 0 Å². The minimum absolute atomic E-state index is 0.0741. The number of carbonyl (C=O) groups is 1. The molecular weight excluding hydrogens is 230 g/mol. The molecule has 106 valence electrons. The quantitative estimate of drug-likeness (QED) is 0.653. The van der Waals surface area contributed by atoms with E-state index in [2.05, 4.69) is 10.2 Å². The Morgan fingerprint density at radius 1 is 1.33 bits per heavy atom. The number of nitrogens with one attached hydrogen (secondary N) is 1. The van der Waals surface area contributed by atoms with Crippen molar-refractivity contribution in [2.45, 2.75) is 13.8 Å². The molecule has 5 heteroatoms. The number of hydrogen-bond acceptors (Lipinski definition) is 4. The average molecular weight is 257 g/mol. The molecule has 0 spiro atoms. The standard InChI is InChI=1S/C13H27N3O2/c1-4-18-10-9-15-5-7-16(8-6-15)13(17)12(2)11-14-3/h12,14H,4-11H2,1-3H3. The van der Waals surface area contributed by atoms with Crippen LogP contribution >= 0.6 is 0 Å². The summed E-state index contributed by atoms with van der Waals surface area (Å²) in [6.45, 7) is 10.9. The van der Waals surface area contributed by atoms with Crippen LogP contribution in [0.1, 0.15) is 13.8 Å². The van der Waals surface area contributed by atoms with E-state index in [4.69, 9.17) is 4.74 Å². The fourth-order valence-electron chi connectivity index (χ4n) is 2.24. The van der Waals surface area contributed by atoms with E-state index in [-0.39, 0.29) is 11.8 Å². The van der Waals surface area contributed by atoms with Crippen molar-refractivity contribution in [3.05, 3.63) is 0 Å². The Bertz CT molecular complexity index is 240. The highest BCUT2D eigenvalue weighted by Crippen LogP contribution is 2.07. The number of nitrogens with zero attached hydrogens (tertiary/aromatic N) is 2. The van der Waals surface area contributed by atoms with Gasteiger partial charge in [-0.15, -0.1) is 0 Å². The first kappa shape index (κ1) is 15.4. The highest BCUT2D eigenvalue weighted by atomic mass is 16.5. The molecule has 1 aliphatic heterocycles. The van der Waals surface area contributed by atoms with Crippen LogP contribution in [0.2, 0.25) is 0 Å². The minimum Gasteiger partial charge on any atom is -0.380 e. The van der Waals surface area contributed by atoms with E-state index in [1.807, 2.05) is 25.8 Å². The SMILES string of the molecule is CCOCCN1CCN(C(=O)C(C)CNC)CC1. The lowest BCUT2D eigenvalue weighted by Gasteiger charge is -2.35. The predicted octanol–water partition coefficient (Wildman–Crippen LogP) is 0.0226. The fraction of sp³-hybridized carbons (Fsp3) is 0.923. The third kappa shape index (κ3) is 4.92. The van der Waals surface area contributed by atoms with Crippen LogP contribution in [0.25, 0.3) is 0 Å². The number of ether oxygens (including phenoxy) is 1. The summed E-state index contributed by atoms with van der Waals surface area (Å²) in [4.78, 5) is 16.4. The lowest BCUT2D eigenvalue weighted by atomic mass is 10.1. The van der Waals surface area contributed by atoms with Crippen molar-refractivity contribution in [2.75, 3.05) is 59.5 Å². The highest BCUT2D eigenvalue weighted by molar-refractivity contribution is 5.78. The normalized spacial score (nSPS) is 18.9. The molecule has 0 aromatic heterocycles. The third-order valence-corrected chi connectivity index (χ3v) is 3.37. The Labute approximate surface area is 110 Å². The summed E-state index contributed by atoms with van der Waals surface area (Å²) in [6, 6.07) is 0. The van der Waals surface area contributed by atoms with Gasteiger partial charge in [-0.1, -0.05) is 6.92 Å². The number of carbonyl (C=O) groups excluding carboxylic acids is 1. The zero-order valence-corrected chi connectivity index (χ0v) is 11.9. The molecule has 18 heavy (non-hydrogen) atoms. The lowest BCUT2D eigenvalue weighted by Crippen LogP contribution is -2.51. The van der Waals surface area contributed by atoms with Crippen molar-refractivity contribution in [3.63, 3.8) is 0 Å². The van der Waals surface area contributed by atoms with E-state index in [0.29, 0.717) is 0 Å². The Morgan fingerprint density at radius 3 is 2.56 bits per heavy atom. The summed E-state index contributed by atoms with van der Waals surface area (Å²) in [5.74, 6) is 0.346. The molecule has 5 nitrogen and oxygen atoms in total. The van der Waals surface area contributed by atoms with Gasteiger partial charge in [-0.2, -0.15) is 0 Å². The molecular formula is C13H27N3O2. The molecule has 1 N–H and O–H groups in total. The average Bonchev–Trinajstić information content (AvgIpc) is 2.39. The third-order valence-electron chi connectivity index (χ3n) is 3.37. The molecule has 1 saturated heterocycles. The van der Waals surface area contributed by atoms with Crippen LogP contribution in [0, 0.1) is 5.92 Å². The molecule has 0 aromatic rings. The number of amides is 1. The Kier molecular flexibility index (Phi) is 7.23. The molecule has 1 amide bonds. The second-order valence-electron chi connectivity index (χ2n) is 4.82. The smallest absolute Gasteiger partial charge is 0.226 e. The molecule has 1 unspecified atom stereocenters. The zero-order valence-electron chi connectivity index (χ0n) is 11.9. The van der Waals surface area contributed by atoms with Crippen LogP contribution < -0.4 is 5.32 Å². The number of rotatable bonds is 7. The summed E-state index contributed by atoms with van der Waals surface area (Å²) in [6.07, 6.45) is 0. The molecule has 0 saturated carbocycles. The lowest BCUT2D eigenvalue weighted by molar-refractivity contribution is -0.136. The fourth-order valence-corrected chi connectivity index (χ4v) is 2.24. The summed E-state index contributed by atoms with van der Waals surface area (Å²) < 4.78 is 5.35. The van der Waals surface area contributed by atoms with E-state index in [1.165, 1.54) is 0 Å². The maximum atomic E-state index is 12.1. The molecule has 1 atom stereocenters. The van der Waals surface area contributed by atoms with Gasteiger partial charge in [0.05, 0.1) is 6.61 Å². The largest absolute Gasteiger partial charge is 0.380 e. The minimum atomic E-state index is 0.0741. The molecule has 0 aromatic carbocycles. The van der Waals surface area contributed by atoms with Gasteiger partial charge >= 0.3 is 0 Å². The first-order chi connectivity index (χ1) is 8.69. The van der Waals surface area contributed by atoms with Gasteiger partial charge < -0.3 is 15.0 Å². The van der Waals surface area contributed by atoms with Gasteiger partial charge in [0.2, 0.25) is 5.91 Å². The van der Waals surface area contributed by atoms with Crippen LogP contribution in [0.15, 0.2) is 0 Å². The molecule has 1 heterocycles. The Morgan fingerprint density at radius 2 is 2.00 bits per heavy atom. The van der Waals surface area contributed by atoms with Gasteiger partial charge in [0.15, 0.2) is 0 Å². The van der Waals surface area contributed by atoms with Crippen molar-refractivity contribution in [1.29, 1.82) is 0 Å². The van der Waals surface area contributed by atoms with Crippen LogP contribution in [-0.4, -0.2) is 75.2 Å². The summed E-state index contributed by atoms with van der Waals surface area (Å²) >= 11 is 0. The molecule has 1 aliphatic rings. The Hall–Kier alpha value is -0.650.